The van der Waals surface area contributed by atoms with E-state index < -0.39 is 37.6 Å². The number of alkyl halides is 4. The second-order valence-corrected chi connectivity index (χ2v) is 3.31. The Bertz CT molecular complexity index is 271. The predicted molar refractivity (Wildman–Crippen MR) is 53.3 cm³/mol. The van der Waals surface area contributed by atoms with Gasteiger partial charge in [-0.25, -0.2) is 22.4 Å². The maximum atomic E-state index is 12.4. The third-order valence-corrected chi connectivity index (χ3v) is 1.83. The molecule has 0 saturated carbocycles. The first-order valence-corrected chi connectivity index (χ1v) is 5.04. The summed E-state index contributed by atoms with van der Waals surface area (Å²) >= 11 is 0. The minimum absolute atomic E-state index is 0.153. The van der Waals surface area contributed by atoms with E-state index in [0.717, 1.165) is 6.08 Å². The highest BCUT2D eigenvalue weighted by atomic mass is 19.3. The molecule has 0 aliphatic rings. The summed E-state index contributed by atoms with van der Waals surface area (Å²) in [6.45, 7) is 2.31. The molecule has 0 rings (SSSR count). The molecule has 1 atom stereocenters. The van der Waals surface area contributed by atoms with Crippen LogP contribution in [-0.2, 0) is 14.3 Å². The molecular formula is C10H14F4O4. The molecule has 1 N–H and O–H groups in total. The predicted octanol–water partition coefficient (Wildman–Crippen LogP) is 1.73. The fraction of sp³-hybridized carbons (Fsp3) is 0.700. The Kier molecular flexibility index (Phi) is 7.53. The van der Waals surface area contributed by atoms with Crippen molar-refractivity contribution in [2.45, 2.75) is 31.5 Å². The van der Waals surface area contributed by atoms with Crippen molar-refractivity contribution in [3.63, 3.8) is 0 Å². The van der Waals surface area contributed by atoms with Crippen LogP contribution in [0, 0.1) is 0 Å². The Balaban J connectivity index is 3.62. The number of aliphatic hydroxyl groups is 1. The third-order valence-electron chi connectivity index (χ3n) is 1.83. The van der Waals surface area contributed by atoms with Gasteiger partial charge in [-0.1, -0.05) is 6.58 Å². The quantitative estimate of drug-likeness (QED) is 0.229. The van der Waals surface area contributed by atoms with E-state index in [2.05, 4.69) is 16.1 Å². The Morgan fingerprint density at radius 3 is 2.50 bits per heavy atom. The highest BCUT2D eigenvalue weighted by Crippen LogP contribution is 2.26. The summed E-state index contributed by atoms with van der Waals surface area (Å²) in [6, 6.07) is 0. The van der Waals surface area contributed by atoms with E-state index in [1.165, 1.54) is 0 Å². The van der Waals surface area contributed by atoms with Crippen molar-refractivity contribution in [3.8, 4) is 0 Å². The number of aliphatic hydroxyl groups excluding tert-OH is 1. The van der Waals surface area contributed by atoms with Crippen LogP contribution in [0.25, 0.3) is 0 Å². The van der Waals surface area contributed by atoms with Gasteiger partial charge in [-0.3, -0.25) is 0 Å². The fourth-order valence-corrected chi connectivity index (χ4v) is 0.845. The summed E-state index contributed by atoms with van der Waals surface area (Å²) in [4.78, 5) is 10.6. The molecule has 0 spiro atoms. The molecule has 0 aromatic carbocycles. The SMILES string of the molecule is C=CC(=O)OC(O)CCOCCC(F)(F)C(F)F. The van der Waals surface area contributed by atoms with Crippen LogP contribution in [0.4, 0.5) is 17.6 Å². The number of carbonyl (C=O) groups excluding carboxylic acids is 1. The summed E-state index contributed by atoms with van der Waals surface area (Å²) in [5, 5.41) is 9.06. The molecule has 8 heteroatoms. The van der Waals surface area contributed by atoms with E-state index in [9.17, 15) is 22.4 Å². The van der Waals surface area contributed by atoms with Gasteiger partial charge in [0.2, 0.25) is 6.29 Å². The normalized spacial score (nSPS) is 13.4. The minimum Gasteiger partial charge on any atom is -0.433 e. The van der Waals surface area contributed by atoms with Gasteiger partial charge in [0.25, 0.3) is 0 Å². The third kappa shape index (κ3) is 7.23. The molecule has 4 nitrogen and oxygen atoms in total. The Hall–Kier alpha value is -1.15. The molecule has 0 aliphatic carbocycles. The first kappa shape index (κ1) is 16.9. The summed E-state index contributed by atoms with van der Waals surface area (Å²) in [5.74, 6) is -4.93. The van der Waals surface area contributed by atoms with Crippen molar-refractivity contribution < 1.29 is 36.9 Å². The number of carbonyl (C=O) groups is 1. The number of esters is 1. The minimum atomic E-state index is -4.09. The monoisotopic (exact) mass is 274 g/mol. The maximum Gasteiger partial charge on any atom is 0.332 e. The summed E-state index contributed by atoms with van der Waals surface area (Å²) < 4.78 is 57.2. The van der Waals surface area contributed by atoms with Crippen LogP contribution in [0.2, 0.25) is 0 Å². The van der Waals surface area contributed by atoms with Crippen molar-refractivity contribution in [3.05, 3.63) is 12.7 Å². The van der Waals surface area contributed by atoms with E-state index in [4.69, 9.17) is 5.11 Å². The van der Waals surface area contributed by atoms with Crippen LogP contribution in [0.1, 0.15) is 12.8 Å². The lowest BCUT2D eigenvalue weighted by Crippen LogP contribution is -2.28. The summed E-state index contributed by atoms with van der Waals surface area (Å²) in [5.41, 5.74) is 0. The van der Waals surface area contributed by atoms with Crippen LogP contribution in [0.3, 0.4) is 0 Å². The lowest BCUT2D eigenvalue weighted by Gasteiger charge is -2.15. The zero-order valence-electron chi connectivity index (χ0n) is 9.45. The van der Waals surface area contributed by atoms with Crippen molar-refractivity contribution in [1.82, 2.24) is 0 Å². The highest BCUT2D eigenvalue weighted by Gasteiger charge is 2.39. The zero-order valence-corrected chi connectivity index (χ0v) is 9.45. The van der Waals surface area contributed by atoms with Crippen molar-refractivity contribution >= 4 is 5.97 Å². The van der Waals surface area contributed by atoms with Crippen LogP contribution in [0.15, 0.2) is 12.7 Å². The average Bonchev–Trinajstić information content (AvgIpc) is 2.27. The number of hydrogen-bond donors (Lipinski definition) is 1. The van der Waals surface area contributed by atoms with Gasteiger partial charge < -0.3 is 14.6 Å². The standard InChI is InChI=1S/C10H14F4O4/c1-2-7(15)18-8(16)3-5-17-6-4-10(13,14)9(11)12/h2,8-9,16H,1,3-6H2. The van der Waals surface area contributed by atoms with Crippen LogP contribution in [-0.4, -0.2) is 42.9 Å². The molecule has 0 aromatic heterocycles. The first-order valence-electron chi connectivity index (χ1n) is 5.04. The van der Waals surface area contributed by atoms with Crippen LogP contribution < -0.4 is 0 Å². The topological polar surface area (TPSA) is 55.8 Å². The molecule has 106 valence electrons. The number of hydrogen-bond acceptors (Lipinski definition) is 4. The van der Waals surface area contributed by atoms with Gasteiger partial charge in [-0.2, -0.15) is 0 Å². The Morgan fingerprint density at radius 1 is 1.39 bits per heavy atom. The number of rotatable bonds is 9. The van der Waals surface area contributed by atoms with Gasteiger partial charge in [0.1, 0.15) is 0 Å². The second-order valence-electron chi connectivity index (χ2n) is 3.31. The van der Waals surface area contributed by atoms with Gasteiger partial charge in [-0.05, 0) is 0 Å². The maximum absolute atomic E-state index is 12.4. The van der Waals surface area contributed by atoms with Gasteiger partial charge in [0, 0.05) is 18.9 Å². The molecule has 18 heavy (non-hydrogen) atoms. The largest absolute Gasteiger partial charge is 0.433 e. The van der Waals surface area contributed by atoms with Crippen molar-refractivity contribution in [1.29, 1.82) is 0 Å². The molecule has 0 amide bonds. The molecule has 0 saturated heterocycles. The molecule has 0 bridgehead atoms. The number of ether oxygens (including phenoxy) is 2. The van der Waals surface area contributed by atoms with Crippen LogP contribution >= 0.6 is 0 Å². The Morgan fingerprint density at radius 2 is 2.00 bits per heavy atom. The van der Waals surface area contributed by atoms with Crippen LogP contribution in [0.5, 0.6) is 0 Å². The van der Waals surface area contributed by atoms with Gasteiger partial charge in [0.15, 0.2) is 0 Å². The smallest absolute Gasteiger partial charge is 0.332 e. The van der Waals surface area contributed by atoms with E-state index in [-0.39, 0.29) is 13.0 Å². The van der Waals surface area contributed by atoms with Crippen molar-refractivity contribution in [2.75, 3.05) is 13.2 Å². The lowest BCUT2D eigenvalue weighted by molar-refractivity contribution is -0.165. The van der Waals surface area contributed by atoms with Crippen molar-refractivity contribution in [2.24, 2.45) is 0 Å². The molecule has 0 fully saturated rings. The van der Waals surface area contributed by atoms with E-state index in [0.29, 0.717) is 0 Å². The molecule has 0 aromatic rings. The fourth-order valence-electron chi connectivity index (χ4n) is 0.845. The summed E-state index contributed by atoms with van der Waals surface area (Å²) in [6.07, 6.45) is -5.62. The number of halogens is 4. The summed E-state index contributed by atoms with van der Waals surface area (Å²) in [7, 11) is 0. The van der Waals surface area contributed by atoms with E-state index in [1.807, 2.05) is 0 Å². The molecule has 0 radical (unpaired) electrons. The van der Waals surface area contributed by atoms with E-state index in [1.54, 1.807) is 0 Å². The van der Waals surface area contributed by atoms with Gasteiger partial charge in [-0.15, -0.1) is 0 Å². The van der Waals surface area contributed by atoms with Gasteiger partial charge >= 0.3 is 18.3 Å². The van der Waals surface area contributed by atoms with E-state index >= 15 is 0 Å². The highest BCUT2D eigenvalue weighted by molar-refractivity contribution is 5.81. The van der Waals surface area contributed by atoms with Gasteiger partial charge in [0.05, 0.1) is 13.2 Å². The molecule has 0 aliphatic heterocycles. The lowest BCUT2D eigenvalue weighted by atomic mass is 10.2. The Labute approximate surface area is 101 Å². The second kappa shape index (κ2) is 8.04. The zero-order chi connectivity index (χ0) is 14.2. The molecule has 0 heterocycles. The molecular weight excluding hydrogens is 260 g/mol. The molecule has 1 unspecified atom stereocenters. The first-order chi connectivity index (χ1) is 8.29. The average molecular weight is 274 g/mol.